The van der Waals surface area contributed by atoms with Gasteiger partial charge < -0.3 is 0 Å². The normalized spacial score (nSPS) is 11.7. The molecule has 2 heterocycles. The van der Waals surface area contributed by atoms with Crippen LogP contribution in [-0.4, -0.2) is 0 Å². The number of thiophene rings is 2. The molecule has 18 rings (SSSR count). The summed E-state index contributed by atoms with van der Waals surface area (Å²) in [6.07, 6.45) is 0. The van der Waals surface area contributed by atoms with E-state index in [0.717, 1.165) is 0 Å². The molecule has 0 nitrogen and oxygen atoms in total. The van der Waals surface area contributed by atoms with Gasteiger partial charge in [0.15, 0.2) is 0 Å². The average Bonchev–Trinajstić information content (AvgIpc) is 1.18. The fourth-order valence-corrected chi connectivity index (χ4v) is 16.2. The Hall–Kier alpha value is -10.5. The largest absolute Gasteiger partial charge is 0.135 e. The molecule has 0 saturated heterocycles. The Labute approximate surface area is 506 Å². The Kier molecular flexibility index (Phi) is 12.0. The lowest BCUT2D eigenvalue weighted by molar-refractivity contribution is 1.65. The first-order chi connectivity index (χ1) is 42.7. The third-order valence-electron chi connectivity index (χ3n) is 17.7. The maximum absolute atomic E-state index is 2.45. The number of benzene rings is 16. The lowest BCUT2D eigenvalue weighted by Gasteiger charge is -2.20. The van der Waals surface area contributed by atoms with Crippen LogP contribution in [0.2, 0.25) is 0 Å². The van der Waals surface area contributed by atoms with Crippen molar-refractivity contribution in [3.8, 4) is 66.8 Å². The van der Waals surface area contributed by atoms with Gasteiger partial charge in [0.2, 0.25) is 0 Å². The first-order valence-electron chi connectivity index (χ1n) is 29.5. The van der Waals surface area contributed by atoms with E-state index in [1.807, 2.05) is 22.7 Å². The van der Waals surface area contributed by atoms with E-state index in [9.17, 15) is 0 Å². The SMILES string of the molecule is c1ccc(-c2c3ccccc3c(-c3ccc4ccccc4c3)c3cc(-c4cccc5sc6ccccc6c45)ccc23)cc1.c1ccc(-c2c3ccccc3c(-c3cccc4ccccc34)c3cc(-c4cccc5sc6ccccc6c45)ccc23)cc1. The first kappa shape index (κ1) is 50.1. The Morgan fingerprint density at radius 3 is 1.07 bits per heavy atom. The Morgan fingerprint density at radius 1 is 0.163 bits per heavy atom. The van der Waals surface area contributed by atoms with Gasteiger partial charge in [-0.15, -0.1) is 22.7 Å². The molecule has 0 bridgehead atoms. The van der Waals surface area contributed by atoms with Crippen LogP contribution in [0.1, 0.15) is 0 Å². The second-order valence-electron chi connectivity index (χ2n) is 22.5. The van der Waals surface area contributed by atoms with Crippen molar-refractivity contribution in [2.24, 2.45) is 0 Å². The van der Waals surface area contributed by atoms with E-state index in [4.69, 9.17) is 0 Å². The molecule has 0 aliphatic carbocycles. The van der Waals surface area contributed by atoms with Crippen LogP contribution in [-0.2, 0) is 0 Å². The average molecular weight is 1130 g/mol. The number of hydrogen-bond donors (Lipinski definition) is 0. The molecule has 86 heavy (non-hydrogen) atoms. The van der Waals surface area contributed by atoms with Crippen LogP contribution in [0.5, 0.6) is 0 Å². The van der Waals surface area contributed by atoms with E-state index < -0.39 is 0 Å². The van der Waals surface area contributed by atoms with Crippen LogP contribution in [0.25, 0.3) is 172 Å². The van der Waals surface area contributed by atoms with Crippen LogP contribution in [0.4, 0.5) is 0 Å². The van der Waals surface area contributed by atoms with E-state index in [1.165, 1.54) is 172 Å². The van der Waals surface area contributed by atoms with Gasteiger partial charge >= 0.3 is 0 Å². The zero-order chi connectivity index (χ0) is 56.7. The van der Waals surface area contributed by atoms with Crippen LogP contribution < -0.4 is 0 Å². The summed E-state index contributed by atoms with van der Waals surface area (Å²) in [6.45, 7) is 0. The molecule has 2 aromatic heterocycles. The molecule has 0 N–H and O–H groups in total. The lowest BCUT2D eigenvalue weighted by atomic mass is 9.83. The van der Waals surface area contributed by atoms with E-state index in [1.54, 1.807) is 0 Å². The van der Waals surface area contributed by atoms with Crippen molar-refractivity contribution in [3.63, 3.8) is 0 Å². The second kappa shape index (κ2) is 20.7. The van der Waals surface area contributed by atoms with Gasteiger partial charge in [-0.1, -0.05) is 273 Å². The van der Waals surface area contributed by atoms with Gasteiger partial charge in [-0.3, -0.25) is 0 Å². The Bertz CT molecular complexity index is 5700. The van der Waals surface area contributed by atoms with Crippen molar-refractivity contribution in [2.75, 3.05) is 0 Å². The van der Waals surface area contributed by atoms with Crippen molar-refractivity contribution in [3.05, 3.63) is 315 Å². The predicted molar refractivity (Wildman–Crippen MR) is 376 cm³/mol. The van der Waals surface area contributed by atoms with Crippen molar-refractivity contribution in [1.29, 1.82) is 0 Å². The summed E-state index contributed by atoms with van der Waals surface area (Å²) in [5.41, 5.74) is 15.3. The van der Waals surface area contributed by atoms with Gasteiger partial charge in [0.25, 0.3) is 0 Å². The molecule has 0 amide bonds. The molecule has 0 fully saturated rings. The maximum Gasteiger partial charge on any atom is 0.0361 e. The molecule has 0 spiro atoms. The molecule has 16 aromatic carbocycles. The lowest BCUT2D eigenvalue weighted by Crippen LogP contribution is -1.92. The van der Waals surface area contributed by atoms with Crippen molar-refractivity contribution in [1.82, 2.24) is 0 Å². The highest BCUT2D eigenvalue weighted by Crippen LogP contribution is 2.50. The molecule has 0 aliphatic rings. The first-order valence-corrected chi connectivity index (χ1v) is 31.2. The molecule has 18 aromatic rings. The van der Waals surface area contributed by atoms with E-state index in [0.29, 0.717) is 0 Å². The van der Waals surface area contributed by atoms with Crippen LogP contribution in [0.15, 0.2) is 315 Å². The molecule has 2 heteroatoms. The summed E-state index contributed by atoms with van der Waals surface area (Å²) in [5.74, 6) is 0. The summed E-state index contributed by atoms with van der Waals surface area (Å²) in [6, 6.07) is 116. The number of fused-ring (bicyclic) bond motifs is 12. The van der Waals surface area contributed by atoms with Crippen molar-refractivity contribution >= 4 is 128 Å². The minimum Gasteiger partial charge on any atom is -0.135 e. The van der Waals surface area contributed by atoms with Gasteiger partial charge in [-0.2, -0.15) is 0 Å². The highest BCUT2D eigenvalue weighted by atomic mass is 32.1. The summed E-state index contributed by atoms with van der Waals surface area (Å²) >= 11 is 3.75. The van der Waals surface area contributed by atoms with Crippen molar-refractivity contribution in [2.45, 2.75) is 0 Å². The van der Waals surface area contributed by atoms with Crippen LogP contribution >= 0.6 is 22.7 Å². The quantitative estimate of drug-likeness (QED) is 0.146. The highest BCUT2D eigenvalue weighted by Gasteiger charge is 2.22. The molecule has 0 atom stereocenters. The number of hydrogen-bond acceptors (Lipinski definition) is 2. The zero-order valence-electron chi connectivity index (χ0n) is 46.8. The molecule has 0 aliphatic heterocycles. The van der Waals surface area contributed by atoms with Gasteiger partial charge in [0, 0.05) is 40.3 Å². The molecule has 0 saturated carbocycles. The van der Waals surface area contributed by atoms with E-state index in [-0.39, 0.29) is 0 Å². The fraction of sp³-hybridized carbons (Fsp3) is 0. The third kappa shape index (κ3) is 8.25. The second-order valence-corrected chi connectivity index (χ2v) is 24.7. The third-order valence-corrected chi connectivity index (χ3v) is 20.0. The summed E-state index contributed by atoms with van der Waals surface area (Å²) < 4.78 is 5.33. The summed E-state index contributed by atoms with van der Waals surface area (Å²) in [5, 5.41) is 20.6. The van der Waals surface area contributed by atoms with E-state index >= 15 is 0 Å². The minimum atomic E-state index is 1.24. The topological polar surface area (TPSA) is 0 Å². The zero-order valence-corrected chi connectivity index (χ0v) is 48.5. The Morgan fingerprint density at radius 2 is 0.523 bits per heavy atom. The fourth-order valence-electron chi connectivity index (χ4n) is 13.9. The predicted octanol–water partition coefficient (Wildman–Crippen LogP) is 25.0. The smallest absolute Gasteiger partial charge is 0.0361 e. The Balaban J connectivity index is 0.000000134. The van der Waals surface area contributed by atoms with Gasteiger partial charge in [0.1, 0.15) is 0 Å². The van der Waals surface area contributed by atoms with Crippen LogP contribution in [0, 0.1) is 0 Å². The van der Waals surface area contributed by atoms with Crippen molar-refractivity contribution < 1.29 is 0 Å². The molecular formula is C84H52S2. The standard InChI is InChI=1S/2C42H26S/c1-2-13-28(14-3-1)40-33-17-6-7-18-34(33)41(32-21-10-15-27-12-4-5-16-30(27)32)37-26-29(24-25-35(37)40)31-20-11-23-39-42(31)36-19-8-9-22-38(36)43-39;1-2-12-28(13-3-1)40-33-15-6-7-16-34(33)41(31-22-21-27-11-4-5-14-29(27)25-31)37-26-30(23-24-35(37)40)32-18-10-20-39-42(32)36-17-8-9-19-38(36)43-39/h2*1-26H. The molecule has 0 radical (unpaired) electrons. The molecule has 400 valence electrons. The molecular weight excluding hydrogens is 1070 g/mol. The van der Waals surface area contributed by atoms with Crippen LogP contribution in [0.3, 0.4) is 0 Å². The molecule has 0 unspecified atom stereocenters. The maximum atomic E-state index is 2.45. The van der Waals surface area contributed by atoms with Gasteiger partial charge in [-0.25, -0.2) is 0 Å². The van der Waals surface area contributed by atoms with Gasteiger partial charge in [-0.05, 0) is 174 Å². The minimum absolute atomic E-state index is 1.24. The summed E-state index contributed by atoms with van der Waals surface area (Å²) in [4.78, 5) is 0. The monoisotopic (exact) mass is 1120 g/mol. The summed E-state index contributed by atoms with van der Waals surface area (Å²) in [7, 11) is 0. The number of rotatable bonds is 6. The van der Waals surface area contributed by atoms with E-state index in [2.05, 4.69) is 315 Å². The highest BCUT2D eigenvalue weighted by molar-refractivity contribution is 7.26. The van der Waals surface area contributed by atoms with Gasteiger partial charge in [0.05, 0.1) is 0 Å².